The SMILES string of the molecule is COc1ccc(-c2n[nH]c(C)c2CC(=O)Nc2ccc3ncn(C)c(=O)c3c2)cc1. The number of fused-ring (bicyclic) bond motifs is 1. The fourth-order valence-corrected chi connectivity index (χ4v) is 3.31. The van der Waals surface area contributed by atoms with Crippen LogP contribution in [0.2, 0.25) is 0 Å². The first-order chi connectivity index (χ1) is 14.5. The number of rotatable bonds is 5. The molecule has 2 N–H and O–H groups in total. The van der Waals surface area contributed by atoms with Crippen LogP contribution in [0.25, 0.3) is 22.2 Å². The van der Waals surface area contributed by atoms with Crippen LogP contribution in [0.5, 0.6) is 5.75 Å². The zero-order valence-corrected chi connectivity index (χ0v) is 16.9. The molecule has 0 fully saturated rings. The second-order valence-corrected chi connectivity index (χ2v) is 7.02. The molecular formula is C22H21N5O3. The number of nitrogens with one attached hydrogen (secondary N) is 2. The van der Waals surface area contributed by atoms with Gasteiger partial charge < -0.3 is 14.6 Å². The number of benzene rings is 2. The van der Waals surface area contributed by atoms with Gasteiger partial charge in [0.15, 0.2) is 0 Å². The van der Waals surface area contributed by atoms with Crippen molar-refractivity contribution in [2.75, 3.05) is 12.4 Å². The van der Waals surface area contributed by atoms with Crippen LogP contribution in [-0.4, -0.2) is 32.8 Å². The Morgan fingerprint density at radius 1 is 1.20 bits per heavy atom. The zero-order chi connectivity index (χ0) is 21.3. The van der Waals surface area contributed by atoms with Gasteiger partial charge >= 0.3 is 0 Å². The molecule has 4 aromatic rings. The smallest absolute Gasteiger partial charge is 0.260 e. The molecule has 0 radical (unpaired) electrons. The van der Waals surface area contributed by atoms with Gasteiger partial charge in [-0.3, -0.25) is 14.7 Å². The minimum Gasteiger partial charge on any atom is -0.497 e. The Kier molecular flexibility index (Phi) is 5.05. The van der Waals surface area contributed by atoms with Crippen LogP contribution < -0.4 is 15.6 Å². The number of hydrogen-bond acceptors (Lipinski definition) is 5. The maximum atomic E-state index is 12.7. The van der Waals surface area contributed by atoms with E-state index >= 15 is 0 Å². The first-order valence-corrected chi connectivity index (χ1v) is 9.40. The normalized spacial score (nSPS) is 10.9. The van der Waals surface area contributed by atoms with Crippen molar-refractivity contribution in [2.24, 2.45) is 7.05 Å². The van der Waals surface area contributed by atoms with Crippen LogP contribution in [0.4, 0.5) is 5.69 Å². The van der Waals surface area contributed by atoms with E-state index in [9.17, 15) is 9.59 Å². The maximum Gasteiger partial charge on any atom is 0.260 e. The van der Waals surface area contributed by atoms with Crippen molar-refractivity contribution < 1.29 is 9.53 Å². The number of aryl methyl sites for hydroxylation is 2. The lowest BCUT2D eigenvalue weighted by Crippen LogP contribution is -2.18. The fourth-order valence-electron chi connectivity index (χ4n) is 3.31. The summed E-state index contributed by atoms with van der Waals surface area (Å²) in [5.74, 6) is 0.552. The molecule has 0 spiro atoms. The lowest BCUT2D eigenvalue weighted by Gasteiger charge is -2.08. The molecule has 0 saturated carbocycles. The van der Waals surface area contributed by atoms with Gasteiger partial charge in [-0.15, -0.1) is 0 Å². The van der Waals surface area contributed by atoms with E-state index in [1.54, 1.807) is 32.4 Å². The predicted molar refractivity (Wildman–Crippen MR) is 115 cm³/mol. The van der Waals surface area contributed by atoms with Gasteiger partial charge in [0.25, 0.3) is 5.56 Å². The van der Waals surface area contributed by atoms with Crippen LogP contribution in [0, 0.1) is 6.92 Å². The number of amides is 1. The van der Waals surface area contributed by atoms with Crippen molar-refractivity contribution in [2.45, 2.75) is 13.3 Å². The number of carbonyl (C=O) groups excluding carboxylic acids is 1. The first-order valence-electron chi connectivity index (χ1n) is 9.40. The standard InChI is InChI=1S/C22H21N5O3/c1-13-17(21(26-25-13)14-4-7-16(30-3)8-5-14)11-20(28)24-15-6-9-19-18(10-15)22(29)27(2)12-23-19/h4-10,12H,11H2,1-3H3,(H,24,28)(H,25,26). The van der Waals surface area contributed by atoms with Crippen molar-refractivity contribution in [1.82, 2.24) is 19.7 Å². The highest BCUT2D eigenvalue weighted by atomic mass is 16.5. The quantitative estimate of drug-likeness (QED) is 0.534. The number of aromatic nitrogens is 4. The number of aromatic amines is 1. The van der Waals surface area contributed by atoms with E-state index in [4.69, 9.17) is 4.74 Å². The second kappa shape index (κ2) is 7.82. The molecule has 2 heterocycles. The van der Waals surface area contributed by atoms with Crippen LogP contribution in [0.3, 0.4) is 0 Å². The van der Waals surface area contributed by atoms with Gasteiger partial charge in [0.05, 0.1) is 36.5 Å². The number of H-pyrrole nitrogens is 1. The minimum atomic E-state index is -0.200. The van der Waals surface area contributed by atoms with E-state index in [2.05, 4.69) is 20.5 Å². The molecule has 0 aliphatic carbocycles. The highest BCUT2D eigenvalue weighted by molar-refractivity contribution is 5.95. The van der Waals surface area contributed by atoms with Crippen LogP contribution in [0.15, 0.2) is 53.6 Å². The molecule has 0 aliphatic rings. The van der Waals surface area contributed by atoms with Gasteiger partial charge in [-0.05, 0) is 49.4 Å². The van der Waals surface area contributed by atoms with Crippen LogP contribution in [0.1, 0.15) is 11.3 Å². The molecule has 8 heteroatoms. The predicted octanol–water partition coefficient (Wildman–Crippen LogP) is 2.82. The molecule has 0 bridgehead atoms. The number of carbonyl (C=O) groups is 1. The maximum absolute atomic E-state index is 12.7. The topological polar surface area (TPSA) is 102 Å². The van der Waals surface area contributed by atoms with Crippen LogP contribution >= 0.6 is 0 Å². The Morgan fingerprint density at radius 2 is 1.97 bits per heavy atom. The number of nitrogens with zero attached hydrogens (tertiary/aromatic N) is 3. The van der Waals surface area contributed by atoms with Gasteiger partial charge in [0.2, 0.25) is 5.91 Å². The summed E-state index contributed by atoms with van der Waals surface area (Å²) in [5.41, 5.74) is 4.23. The Bertz CT molecular complexity index is 1290. The summed E-state index contributed by atoms with van der Waals surface area (Å²) in [6.07, 6.45) is 1.62. The van der Waals surface area contributed by atoms with Crippen molar-refractivity contribution >= 4 is 22.5 Å². The summed E-state index contributed by atoms with van der Waals surface area (Å²) in [6, 6.07) is 12.6. The van der Waals surface area contributed by atoms with Crippen molar-refractivity contribution in [3.8, 4) is 17.0 Å². The van der Waals surface area contributed by atoms with Gasteiger partial charge in [-0.2, -0.15) is 5.10 Å². The third-order valence-electron chi connectivity index (χ3n) is 4.98. The van der Waals surface area contributed by atoms with Crippen molar-refractivity contribution in [3.63, 3.8) is 0 Å². The molecular weight excluding hydrogens is 382 g/mol. The summed E-state index contributed by atoms with van der Waals surface area (Å²) in [4.78, 5) is 29.3. The molecule has 0 unspecified atom stereocenters. The van der Waals surface area contributed by atoms with E-state index in [-0.39, 0.29) is 17.9 Å². The average molecular weight is 403 g/mol. The number of anilines is 1. The molecule has 0 aliphatic heterocycles. The molecule has 2 aromatic carbocycles. The Morgan fingerprint density at radius 3 is 2.70 bits per heavy atom. The summed E-state index contributed by atoms with van der Waals surface area (Å²) < 4.78 is 6.60. The molecule has 4 rings (SSSR count). The number of methoxy groups -OCH3 is 1. The lowest BCUT2D eigenvalue weighted by atomic mass is 10.0. The molecule has 8 nitrogen and oxygen atoms in total. The summed E-state index contributed by atoms with van der Waals surface area (Å²) >= 11 is 0. The molecule has 30 heavy (non-hydrogen) atoms. The van der Waals surface area contributed by atoms with E-state index in [1.165, 1.54) is 10.9 Å². The molecule has 0 atom stereocenters. The second-order valence-electron chi connectivity index (χ2n) is 7.02. The van der Waals surface area contributed by atoms with Crippen molar-refractivity contribution in [1.29, 1.82) is 0 Å². The van der Waals surface area contributed by atoms with E-state index in [0.29, 0.717) is 16.6 Å². The van der Waals surface area contributed by atoms with E-state index in [0.717, 1.165) is 28.3 Å². The minimum absolute atomic E-state index is 0.146. The van der Waals surface area contributed by atoms with Gasteiger partial charge in [0.1, 0.15) is 5.75 Å². The third-order valence-corrected chi connectivity index (χ3v) is 4.98. The highest BCUT2D eigenvalue weighted by Crippen LogP contribution is 2.26. The zero-order valence-electron chi connectivity index (χ0n) is 16.9. The number of hydrogen-bond donors (Lipinski definition) is 2. The van der Waals surface area contributed by atoms with E-state index in [1.807, 2.05) is 31.2 Å². The van der Waals surface area contributed by atoms with Crippen LogP contribution in [-0.2, 0) is 18.3 Å². The summed E-state index contributed by atoms with van der Waals surface area (Å²) in [7, 11) is 3.25. The van der Waals surface area contributed by atoms with E-state index < -0.39 is 0 Å². The lowest BCUT2D eigenvalue weighted by molar-refractivity contribution is -0.115. The highest BCUT2D eigenvalue weighted by Gasteiger charge is 2.16. The third kappa shape index (κ3) is 3.67. The molecule has 152 valence electrons. The molecule has 1 amide bonds. The Hall–Kier alpha value is -3.94. The van der Waals surface area contributed by atoms with Gasteiger partial charge in [-0.1, -0.05) is 0 Å². The van der Waals surface area contributed by atoms with Gasteiger partial charge in [0, 0.05) is 29.6 Å². The monoisotopic (exact) mass is 403 g/mol. The van der Waals surface area contributed by atoms with Gasteiger partial charge in [-0.25, -0.2) is 4.98 Å². The molecule has 2 aromatic heterocycles. The number of ether oxygens (including phenoxy) is 1. The summed E-state index contributed by atoms with van der Waals surface area (Å²) in [6.45, 7) is 1.88. The molecule has 0 saturated heterocycles. The first kappa shape index (κ1) is 19.4. The Balaban J connectivity index is 1.57. The fraction of sp³-hybridized carbons (Fsp3) is 0.182. The average Bonchev–Trinajstić information content (AvgIpc) is 3.11. The Labute approximate surface area is 172 Å². The largest absolute Gasteiger partial charge is 0.497 e. The van der Waals surface area contributed by atoms with Crippen molar-refractivity contribution in [3.05, 3.63) is 70.4 Å². The summed E-state index contributed by atoms with van der Waals surface area (Å²) in [5, 5.41) is 10.6.